The molecule has 1 spiro atoms. The van der Waals surface area contributed by atoms with Gasteiger partial charge in [0.25, 0.3) is 11.5 Å². The number of morpholine rings is 1. The van der Waals surface area contributed by atoms with Gasteiger partial charge in [-0.05, 0) is 37.8 Å². The lowest BCUT2D eigenvalue weighted by molar-refractivity contribution is 0.100. The Morgan fingerprint density at radius 1 is 1.13 bits per heavy atom. The van der Waals surface area contributed by atoms with Gasteiger partial charge in [0.05, 0.1) is 24.5 Å². The number of hydrogen-bond donors (Lipinski definition) is 2. The maximum absolute atomic E-state index is 12.8. The number of amides is 1. The number of ether oxygens (including phenoxy) is 1. The first kappa shape index (κ1) is 19.0. The number of nitrogens with two attached hydrogens (primary N) is 1. The lowest BCUT2D eigenvalue weighted by Gasteiger charge is -2.40. The molecule has 1 amide bonds. The van der Waals surface area contributed by atoms with E-state index in [1.807, 2.05) is 0 Å². The predicted octanol–water partition coefficient (Wildman–Crippen LogP) is 0.585. The number of primary amides is 1. The summed E-state index contributed by atoms with van der Waals surface area (Å²) in [6, 6.07) is 3.45. The number of rotatable bonds is 3. The van der Waals surface area contributed by atoms with Crippen molar-refractivity contribution in [3.05, 3.63) is 45.5 Å². The highest BCUT2D eigenvalue weighted by atomic mass is 16.5. The van der Waals surface area contributed by atoms with Gasteiger partial charge in [-0.3, -0.25) is 14.6 Å². The molecule has 0 unspecified atom stereocenters. The lowest BCUT2D eigenvalue weighted by Crippen LogP contribution is -2.44. The summed E-state index contributed by atoms with van der Waals surface area (Å²) in [6.45, 7) is 4.26. The van der Waals surface area contributed by atoms with Crippen LogP contribution in [0.5, 0.6) is 0 Å². The Bertz CT molecular complexity index is 1020. The van der Waals surface area contributed by atoms with E-state index >= 15 is 0 Å². The number of nitrogens with zero attached hydrogens (tertiary/aromatic N) is 4. The third kappa shape index (κ3) is 3.13. The molecule has 9 heteroatoms. The standard InChI is InChI=1S/C21H26N6O3/c22-17(28)15-2-1-7-23-18(15)26-8-5-21(6-9-26)4-3-14-16(21)24-20(25-19(14)29)27-10-12-30-13-11-27/h1-2,7H,3-6,8-13H2,(H2,22,28)(H,24,25,29). The molecule has 4 heterocycles. The second kappa shape index (κ2) is 7.39. The number of aromatic amines is 1. The van der Waals surface area contributed by atoms with Gasteiger partial charge in [-0.2, -0.15) is 0 Å². The van der Waals surface area contributed by atoms with Gasteiger partial charge in [0.1, 0.15) is 5.82 Å². The summed E-state index contributed by atoms with van der Waals surface area (Å²) in [5.74, 6) is 0.838. The first-order chi connectivity index (χ1) is 14.6. The molecule has 2 aromatic rings. The number of aromatic nitrogens is 3. The van der Waals surface area contributed by atoms with Crippen molar-refractivity contribution >= 4 is 17.7 Å². The Morgan fingerprint density at radius 2 is 1.90 bits per heavy atom. The minimum absolute atomic E-state index is 0.0125. The van der Waals surface area contributed by atoms with Crippen LogP contribution in [0.25, 0.3) is 0 Å². The SMILES string of the molecule is NC(=O)c1cccnc1N1CCC2(CCc3c2nc(N2CCOCC2)[nH]c3=O)CC1. The van der Waals surface area contributed by atoms with Crippen molar-refractivity contribution in [3.63, 3.8) is 0 Å². The number of piperidine rings is 1. The van der Waals surface area contributed by atoms with E-state index in [0.29, 0.717) is 30.5 Å². The topological polar surface area (TPSA) is 117 Å². The summed E-state index contributed by atoms with van der Waals surface area (Å²) in [7, 11) is 0. The summed E-state index contributed by atoms with van der Waals surface area (Å²) in [6.07, 6.45) is 5.12. The normalized spacial score (nSPS) is 20.4. The Kier molecular flexibility index (Phi) is 4.69. The minimum atomic E-state index is -0.465. The lowest BCUT2D eigenvalue weighted by atomic mass is 9.76. The molecule has 9 nitrogen and oxygen atoms in total. The monoisotopic (exact) mass is 410 g/mol. The van der Waals surface area contributed by atoms with E-state index in [2.05, 4.69) is 19.8 Å². The Balaban J connectivity index is 1.42. The summed E-state index contributed by atoms with van der Waals surface area (Å²) in [5.41, 5.74) is 7.67. The highest BCUT2D eigenvalue weighted by Crippen LogP contribution is 2.45. The van der Waals surface area contributed by atoms with E-state index in [0.717, 1.165) is 63.1 Å². The van der Waals surface area contributed by atoms with E-state index in [1.165, 1.54) is 0 Å². The van der Waals surface area contributed by atoms with Crippen LogP contribution in [0.4, 0.5) is 11.8 Å². The van der Waals surface area contributed by atoms with E-state index in [1.54, 1.807) is 18.3 Å². The number of anilines is 2. The van der Waals surface area contributed by atoms with Crippen LogP contribution >= 0.6 is 0 Å². The molecule has 3 aliphatic rings. The smallest absolute Gasteiger partial charge is 0.255 e. The minimum Gasteiger partial charge on any atom is -0.378 e. The van der Waals surface area contributed by atoms with Crippen LogP contribution in [0, 0.1) is 0 Å². The second-order valence-corrected chi connectivity index (χ2v) is 8.32. The molecule has 0 radical (unpaired) electrons. The van der Waals surface area contributed by atoms with Crippen LogP contribution in [-0.4, -0.2) is 60.3 Å². The molecule has 2 aliphatic heterocycles. The highest BCUT2D eigenvalue weighted by molar-refractivity contribution is 5.97. The molecule has 2 fully saturated rings. The van der Waals surface area contributed by atoms with E-state index in [4.69, 9.17) is 15.5 Å². The average Bonchev–Trinajstić information content (AvgIpc) is 3.13. The van der Waals surface area contributed by atoms with E-state index < -0.39 is 5.91 Å². The molecule has 158 valence electrons. The predicted molar refractivity (Wildman–Crippen MR) is 112 cm³/mol. The van der Waals surface area contributed by atoms with Crippen LogP contribution in [0.3, 0.4) is 0 Å². The van der Waals surface area contributed by atoms with Crippen LogP contribution in [-0.2, 0) is 16.6 Å². The van der Waals surface area contributed by atoms with Gasteiger partial charge in [0, 0.05) is 43.4 Å². The molecule has 0 aromatic carbocycles. The van der Waals surface area contributed by atoms with Crippen LogP contribution in [0.2, 0.25) is 0 Å². The zero-order valence-electron chi connectivity index (χ0n) is 16.9. The van der Waals surface area contributed by atoms with Gasteiger partial charge < -0.3 is 20.3 Å². The number of carbonyl (C=O) groups is 1. The number of hydrogen-bond acceptors (Lipinski definition) is 7. The summed E-state index contributed by atoms with van der Waals surface area (Å²) in [5, 5.41) is 0. The molecule has 2 aromatic heterocycles. The molecule has 0 bridgehead atoms. The molecule has 5 rings (SSSR count). The van der Waals surface area contributed by atoms with Gasteiger partial charge >= 0.3 is 0 Å². The van der Waals surface area contributed by atoms with Crippen molar-refractivity contribution in [1.29, 1.82) is 0 Å². The largest absolute Gasteiger partial charge is 0.378 e. The molecule has 0 atom stereocenters. The molecule has 1 aliphatic carbocycles. The van der Waals surface area contributed by atoms with Crippen molar-refractivity contribution in [2.75, 3.05) is 49.2 Å². The summed E-state index contributed by atoms with van der Waals surface area (Å²) < 4.78 is 5.43. The quantitative estimate of drug-likeness (QED) is 0.760. The molecule has 3 N–H and O–H groups in total. The summed E-state index contributed by atoms with van der Waals surface area (Å²) >= 11 is 0. The van der Waals surface area contributed by atoms with Gasteiger partial charge in [-0.15, -0.1) is 0 Å². The summed E-state index contributed by atoms with van der Waals surface area (Å²) in [4.78, 5) is 41.2. The average molecular weight is 410 g/mol. The van der Waals surface area contributed by atoms with Crippen molar-refractivity contribution in [2.24, 2.45) is 5.73 Å². The fraction of sp³-hybridized carbons (Fsp3) is 0.524. The maximum Gasteiger partial charge on any atom is 0.255 e. The number of H-pyrrole nitrogens is 1. The fourth-order valence-electron chi connectivity index (χ4n) is 5.04. The van der Waals surface area contributed by atoms with Crippen LogP contribution < -0.4 is 21.1 Å². The van der Waals surface area contributed by atoms with Gasteiger partial charge in [-0.1, -0.05) is 0 Å². The Morgan fingerprint density at radius 3 is 2.63 bits per heavy atom. The van der Waals surface area contributed by atoms with Crippen molar-refractivity contribution in [3.8, 4) is 0 Å². The maximum atomic E-state index is 12.8. The number of fused-ring (bicyclic) bond motifs is 2. The molecule has 30 heavy (non-hydrogen) atoms. The van der Waals surface area contributed by atoms with Crippen LogP contribution in [0.15, 0.2) is 23.1 Å². The van der Waals surface area contributed by atoms with Crippen LogP contribution in [0.1, 0.15) is 40.9 Å². The molecular weight excluding hydrogens is 384 g/mol. The van der Waals surface area contributed by atoms with Gasteiger partial charge in [-0.25, -0.2) is 9.97 Å². The Labute approximate surface area is 174 Å². The molecule has 2 saturated heterocycles. The second-order valence-electron chi connectivity index (χ2n) is 8.32. The Hall–Kier alpha value is -2.94. The highest BCUT2D eigenvalue weighted by Gasteiger charge is 2.44. The third-order valence-corrected chi connectivity index (χ3v) is 6.74. The number of nitrogens with one attached hydrogen (secondary N) is 1. The first-order valence-corrected chi connectivity index (χ1v) is 10.5. The zero-order chi connectivity index (χ0) is 20.7. The van der Waals surface area contributed by atoms with Crippen molar-refractivity contribution < 1.29 is 9.53 Å². The van der Waals surface area contributed by atoms with Crippen molar-refractivity contribution in [2.45, 2.75) is 31.1 Å². The van der Waals surface area contributed by atoms with E-state index in [-0.39, 0.29) is 11.0 Å². The number of pyridine rings is 1. The molecular formula is C21H26N6O3. The first-order valence-electron chi connectivity index (χ1n) is 10.5. The van der Waals surface area contributed by atoms with Crippen molar-refractivity contribution in [1.82, 2.24) is 15.0 Å². The van der Waals surface area contributed by atoms with Gasteiger partial charge in [0.2, 0.25) is 5.95 Å². The number of carbonyl (C=O) groups excluding carboxylic acids is 1. The van der Waals surface area contributed by atoms with E-state index in [9.17, 15) is 9.59 Å². The fourth-order valence-corrected chi connectivity index (χ4v) is 5.04. The molecule has 0 saturated carbocycles. The van der Waals surface area contributed by atoms with Gasteiger partial charge in [0.15, 0.2) is 0 Å². The third-order valence-electron chi connectivity index (χ3n) is 6.74. The zero-order valence-corrected chi connectivity index (χ0v) is 16.9.